The van der Waals surface area contributed by atoms with Crippen LogP contribution >= 0.6 is 0 Å². The molecule has 3 aromatic rings. The summed E-state index contributed by atoms with van der Waals surface area (Å²) in [7, 11) is 0. The third-order valence-electron chi connectivity index (χ3n) is 5.29. The monoisotopic (exact) mass is 565 g/mol. The van der Waals surface area contributed by atoms with Crippen molar-refractivity contribution in [1.82, 2.24) is 16.2 Å². The maximum absolute atomic E-state index is 13.1. The normalized spacial score (nSPS) is 11.5. The van der Waals surface area contributed by atoms with Gasteiger partial charge in [-0.1, -0.05) is 30.3 Å². The highest BCUT2D eigenvalue weighted by Crippen LogP contribution is 2.22. The Kier molecular flexibility index (Phi) is 10.8. The highest BCUT2D eigenvalue weighted by atomic mass is 19.1. The highest BCUT2D eigenvalue weighted by Gasteiger charge is 2.24. The predicted molar refractivity (Wildman–Crippen MR) is 147 cm³/mol. The van der Waals surface area contributed by atoms with Crippen molar-refractivity contribution >= 4 is 23.9 Å². The SMILES string of the molecule is CC(C)(C)OC(=O)N[C@H](CC(=O)NNC(=O)c1ccc(Oc2ccc(F)cc2)cc1)CC(=O)OCc1ccccc1. The topological polar surface area (TPSA) is 132 Å². The Balaban J connectivity index is 1.52. The van der Waals surface area contributed by atoms with E-state index < -0.39 is 35.5 Å². The Labute approximate surface area is 237 Å². The van der Waals surface area contributed by atoms with Crippen molar-refractivity contribution in [2.75, 3.05) is 0 Å². The second kappa shape index (κ2) is 14.5. The zero-order chi connectivity index (χ0) is 29.8. The van der Waals surface area contributed by atoms with Crippen LogP contribution in [0.4, 0.5) is 9.18 Å². The van der Waals surface area contributed by atoms with E-state index in [4.69, 9.17) is 14.2 Å². The van der Waals surface area contributed by atoms with Gasteiger partial charge in [0, 0.05) is 12.0 Å². The van der Waals surface area contributed by atoms with Crippen molar-refractivity contribution in [3.8, 4) is 11.5 Å². The van der Waals surface area contributed by atoms with E-state index in [0.717, 1.165) is 5.56 Å². The molecule has 0 aliphatic heterocycles. The molecule has 41 heavy (non-hydrogen) atoms. The lowest BCUT2D eigenvalue weighted by Crippen LogP contribution is -2.46. The summed E-state index contributed by atoms with van der Waals surface area (Å²) in [6.45, 7) is 5.08. The molecule has 0 fully saturated rings. The molecular weight excluding hydrogens is 533 g/mol. The van der Waals surface area contributed by atoms with Crippen LogP contribution in [0, 0.1) is 5.82 Å². The fourth-order valence-corrected chi connectivity index (χ4v) is 3.43. The number of hydrogen-bond donors (Lipinski definition) is 3. The standard InChI is InChI=1S/C30H32FN3O7/c1-30(2,3)41-29(38)32-23(18-27(36)39-19-20-7-5-4-6-8-20)17-26(35)33-34-28(37)21-9-13-24(14-10-21)40-25-15-11-22(31)12-16-25/h4-16,23H,17-19H2,1-3H3,(H,32,38)(H,33,35)(H,34,37)/t23-/m1/s1. The molecule has 0 aromatic heterocycles. The Morgan fingerprint density at radius 3 is 2.02 bits per heavy atom. The maximum Gasteiger partial charge on any atom is 0.407 e. The number of carbonyl (C=O) groups is 4. The van der Waals surface area contributed by atoms with E-state index >= 15 is 0 Å². The summed E-state index contributed by atoms with van der Waals surface area (Å²) < 4.78 is 29.2. The van der Waals surface area contributed by atoms with E-state index in [0.29, 0.717) is 11.5 Å². The van der Waals surface area contributed by atoms with Gasteiger partial charge in [-0.2, -0.15) is 0 Å². The average molecular weight is 566 g/mol. The fraction of sp³-hybridized carbons (Fsp3) is 0.267. The van der Waals surface area contributed by atoms with E-state index in [1.807, 2.05) is 18.2 Å². The van der Waals surface area contributed by atoms with Gasteiger partial charge in [0.25, 0.3) is 5.91 Å². The lowest BCUT2D eigenvalue weighted by atomic mass is 10.1. The molecule has 3 aromatic carbocycles. The predicted octanol–water partition coefficient (Wildman–Crippen LogP) is 4.80. The van der Waals surface area contributed by atoms with Crippen LogP contribution in [0.3, 0.4) is 0 Å². The summed E-state index contributed by atoms with van der Waals surface area (Å²) in [5.41, 5.74) is 4.78. The zero-order valence-electron chi connectivity index (χ0n) is 22.9. The van der Waals surface area contributed by atoms with Gasteiger partial charge in [-0.05, 0) is 74.9 Å². The Morgan fingerprint density at radius 1 is 0.805 bits per heavy atom. The molecule has 0 unspecified atom stereocenters. The Morgan fingerprint density at radius 2 is 1.41 bits per heavy atom. The van der Waals surface area contributed by atoms with Crippen LogP contribution in [0.2, 0.25) is 0 Å². The van der Waals surface area contributed by atoms with Crippen LogP contribution in [0.5, 0.6) is 11.5 Å². The van der Waals surface area contributed by atoms with E-state index in [2.05, 4.69) is 16.2 Å². The molecule has 0 bridgehead atoms. The molecule has 3 N–H and O–H groups in total. The van der Waals surface area contributed by atoms with Crippen LogP contribution in [-0.4, -0.2) is 35.5 Å². The van der Waals surface area contributed by atoms with Crippen LogP contribution in [0.25, 0.3) is 0 Å². The molecule has 0 aliphatic rings. The molecule has 0 spiro atoms. The zero-order valence-corrected chi connectivity index (χ0v) is 22.9. The molecular formula is C30H32FN3O7. The lowest BCUT2D eigenvalue weighted by Gasteiger charge is -2.23. The summed E-state index contributed by atoms with van der Waals surface area (Å²) in [5, 5.41) is 2.51. The lowest BCUT2D eigenvalue weighted by molar-refractivity contribution is -0.145. The van der Waals surface area contributed by atoms with Crippen molar-refractivity contribution in [2.24, 2.45) is 0 Å². The van der Waals surface area contributed by atoms with Crippen molar-refractivity contribution in [1.29, 1.82) is 0 Å². The number of carbonyl (C=O) groups excluding carboxylic acids is 4. The van der Waals surface area contributed by atoms with Gasteiger partial charge in [0.2, 0.25) is 5.91 Å². The number of amides is 3. The van der Waals surface area contributed by atoms with Gasteiger partial charge in [-0.25, -0.2) is 9.18 Å². The molecule has 0 aliphatic carbocycles. The van der Waals surface area contributed by atoms with Crippen molar-refractivity contribution in [3.05, 3.63) is 95.8 Å². The minimum Gasteiger partial charge on any atom is -0.461 e. The molecule has 0 saturated carbocycles. The third kappa shape index (κ3) is 11.4. The van der Waals surface area contributed by atoms with E-state index in [1.165, 1.54) is 36.4 Å². The van der Waals surface area contributed by atoms with E-state index in [9.17, 15) is 23.6 Å². The second-order valence-corrected chi connectivity index (χ2v) is 9.98. The summed E-state index contributed by atoms with van der Waals surface area (Å²) in [6.07, 6.45) is -1.45. The molecule has 216 valence electrons. The first-order chi connectivity index (χ1) is 19.5. The fourth-order valence-electron chi connectivity index (χ4n) is 3.43. The summed E-state index contributed by atoms with van der Waals surface area (Å²) in [6, 6.07) is 19.6. The molecule has 0 saturated heterocycles. The maximum atomic E-state index is 13.1. The molecule has 1 atom stereocenters. The highest BCUT2D eigenvalue weighted by molar-refractivity contribution is 5.95. The summed E-state index contributed by atoms with van der Waals surface area (Å²) in [4.78, 5) is 49.8. The van der Waals surface area contributed by atoms with Gasteiger partial charge in [-0.15, -0.1) is 0 Å². The van der Waals surface area contributed by atoms with Crippen LogP contribution in [-0.2, 0) is 25.7 Å². The van der Waals surface area contributed by atoms with Crippen LogP contribution < -0.4 is 20.9 Å². The van der Waals surface area contributed by atoms with Gasteiger partial charge < -0.3 is 19.5 Å². The Hall–Kier alpha value is -4.93. The van der Waals surface area contributed by atoms with Crippen LogP contribution in [0.1, 0.15) is 49.5 Å². The van der Waals surface area contributed by atoms with E-state index in [-0.39, 0.29) is 30.8 Å². The number of hydrazine groups is 1. The van der Waals surface area contributed by atoms with Gasteiger partial charge in [-0.3, -0.25) is 25.2 Å². The minimum absolute atomic E-state index is 0.0365. The molecule has 3 amide bonds. The average Bonchev–Trinajstić information content (AvgIpc) is 2.91. The molecule has 11 heteroatoms. The minimum atomic E-state index is -0.965. The first-order valence-corrected chi connectivity index (χ1v) is 12.8. The molecule has 10 nitrogen and oxygen atoms in total. The molecule has 3 rings (SSSR count). The van der Waals surface area contributed by atoms with Crippen molar-refractivity contribution in [2.45, 2.75) is 51.9 Å². The number of rotatable bonds is 10. The van der Waals surface area contributed by atoms with E-state index in [1.54, 1.807) is 45.0 Å². The summed E-state index contributed by atoms with van der Waals surface area (Å²) >= 11 is 0. The third-order valence-corrected chi connectivity index (χ3v) is 5.29. The summed E-state index contributed by atoms with van der Waals surface area (Å²) in [5.74, 6) is -1.44. The number of hydrogen-bond acceptors (Lipinski definition) is 7. The number of halogens is 1. The van der Waals surface area contributed by atoms with Crippen LogP contribution in [0.15, 0.2) is 78.9 Å². The molecule has 0 heterocycles. The Bertz CT molecular complexity index is 1320. The number of alkyl carbamates (subject to hydrolysis) is 1. The smallest absolute Gasteiger partial charge is 0.407 e. The first-order valence-electron chi connectivity index (χ1n) is 12.8. The number of benzene rings is 3. The van der Waals surface area contributed by atoms with Crippen molar-refractivity contribution in [3.63, 3.8) is 0 Å². The molecule has 0 radical (unpaired) electrons. The van der Waals surface area contributed by atoms with Gasteiger partial charge >= 0.3 is 12.1 Å². The largest absolute Gasteiger partial charge is 0.461 e. The van der Waals surface area contributed by atoms with Gasteiger partial charge in [0.05, 0.1) is 12.5 Å². The number of ether oxygens (including phenoxy) is 3. The van der Waals surface area contributed by atoms with Crippen molar-refractivity contribution < 1.29 is 37.8 Å². The second-order valence-electron chi connectivity index (χ2n) is 9.98. The first kappa shape index (κ1) is 30.6. The quantitative estimate of drug-likeness (QED) is 0.238. The number of nitrogens with one attached hydrogen (secondary N) is 3. The van der Waals surface area contributed by atoms with Gasteiger partial charge in [0.15, 0.2) is 0 Å². The van der Waals surface area contributed by atoms with Gasteiger partial charge in [0.1, 0.15) is 29.5 Å². The number of esters is 1.